The van der Waals surface area contributed by atoms with Crippen LogP contribution >= 0.6 is 0 Å². The molecule has 4 aromatic rings. The van der Waals surface area contributed by atoms with Gasteiger partial charge in [0.1, 0.15) is 17.6 Å². The first-order valence-electron chi connectivity index (χ1n) is 13.3. The predicted molar refractivity (Wildman–Crippen MR) is 151 cm³/mol. The van der Waals surface area contributed by atoms with Crippen LogP contribution in [0.3, 0.4) is 0 Å². The number of amides is 2. The fraction of sp³-hybridized carbons (Fsp3) is 0.290. The smallest absolute Gasteiger partial charge is 0.322 e. The summed E-state index contributed by atoms with van der Waals surface area (Å²) in [6.07, 6.45) is 5.12. The summed E-state index contributed by atoms with van der Waals surface area (Å²) in [5, 5.41) is 19.7. The highest BCUT2D eigenvalue weighted by Crippen LogP contribution is 2.32. The van der Waals surface area contributed by atoms with E-state index < -0.39 is 0 Å². The molecule has 8 heteroatoms. The zero-order valence-electron chi connectivity index (χ0n) is 22.2. The molecule has 2 heterocycles. The van der Waals surface area contributed by atoms with Gasteiger partial charge in [-0.25, -0.2) is 9.78 Å². The summed E-state index contributed by atoms with van der Waals surface area (Å²) in [6, 6.07) is 24.0. The number of urea groups is 1. The first-order valence-corrected chi connectivity index (χ1v) is 13.3. The number of anilines is 2. The Balaban J connectivity index is 1.31. The molecule has 0 atom stereocenters. The summed E-state index contributed by atoms with van der Waals surface area (Å²) < 4.78 is 5.35. The van der Waals surface area contributed by atoms with Crippen molar-refractivity contribution in [1.82, 2.24) is 15.5 Å². The molecule has 0 spiro atoms. The number of aryl methyl sites for hydroxylation is 2. The van der Waals surface area contributed by atoms with Crippen molar-refractivity contribution < 1.29 is 9.32 Å². The lowest BCUT2D eigenvalue weighted by atomic mass is 9.89. The van der Waals surface area contributed by atoms with Crippen molar-refractivity contribution in [2.45, 2.75) is 58.2 Å². The highest BCUT2D eigenvalue weighted by molar-refractivity contribution is 5.93. The number of nitriles is 1. The lowest BCUT2D eigenvalue weighted by Gasteiger charge is -2.37. The largest absolute Gasteiger partial charge is 0.367 e. The maximum Gasteiger partial charge on any atom is 0.322 e. The third-order valence-electron chi connectivity index (χ3n) is 7.28. The summed E-state index contributed by atoms with van der Waals surface area (Å²) in [5.74, 6) is 1.55. The summed E-state index contributed by atoms with van der Waals surface area (Å²) in [4.78, 5) is 19.9. The highest BCUT2D eigenvalue weighted by atomic mass is 16.5. The van der Waals surface area contributed by atoms with Crippen LogP contribution in [0.25, 0.3) is 11.1 Å². The maximum atomic E-state index is 13.6. The van der Waals surface area contributed by atoms with Crippen molar-refractivity contribution in [2.24, 2.45) is 0 Å². The number of hydrogen-bond acceptors (Lipinski definition) is 6. The molecule has 2 aromatic carbocycles. The molecule has 0 radical (unpaired) electrons. The molecule has 0 bridgehead atoms. The molecule has 5 rings (SSSR count). The van der Waals surface area contributed by atoms with E-state index in [2.05, 4.69) is 26.8 Å². The van der Waals surface area contributed by atoms with Gasteiger partial charge in [-0.15, -0.1) is 0 Å². The zero-order valence-corrected chi connectivity index (χ0v) is 22.2. The number of pyridine rings is 1. The molecule has 1 aliphatic carbocycles. The Kier molecular flexibility index (Phi) is 7.88. The summed E-state index contributed by atoms with van der Waals surface area (Å²) in [5.41, 5.74) is 5.32. The number of hydrogen-bond donors (Lipinski definition) is 2. The fourth-order valence-corrected chi connectivity index (χ4v) is 5.27. The van der Waals surface area contributed by atoms with E-state index in [0.717, 1.165) is 65.3 Å². The van der Waals surface area contributed by atoms with Crippen LogP contribution in [0.2, 0.25) is 0 Å². The molecule has 2 N–H and O–H groups in total. The van der Waals surface area contributed by atoms with E-state index in [-0.39, 0.29) is 18.1 Å². The minimum atomic E-state index is -0.103. The van der Waals surface area contributed by atoms with Crippen molar-refractivity contribution in [3.05, 3.63) is 95.5 Å². The Morgan fingerprint density at radius 2 is 1.77 bits per heavy atom. The Morgan fingerprint density at radius 3 is 2.38 bits per heavy atom. The number of nitrogens with zero attached hydrogens (tertiary/aromatic N) is 4. The monoisotopic (exact) mass is 520 g/mol. The van der Waals surface area contributed by atoms with Crippen molar-refractivity contribution in [3.63, 3.8) is 0 Å². The maximum absolute atomic E-state index is 13.6. The number of aromatic nitrogens is 2. The van der Waals surface area contributed by atoms with E-state index in [1.54, 1.807) is 12.3 Å². The van der Waals surface area contributed by atoms with Gasteiger partial charge in [0.05, 0.1) is 11.3 Å². The van der Waals surface area contributed by atoms with Crippen LogP contribution in [0.1, 0.15) is 48.3 Å². The van der Waals surface area contributed by atoms with Gasteiger partial charge in [0.15, 0.2) is 0 Å². The van der Waals surface area contributed by atoms with Crippen LogP contribution in [-0.4, -0.2) is 28.3 Å². The minimum absolute atomic E-state index is 0.0673. The molecule has 39 heavy (non-hydrogen) atoms. The second-order valence-corrected chi connectivity index (χ2v) is 9.95. The SMILES string of the molecule is Cc1noc(C)c1-c1ccc(N(C(=O)NCc2ccccc2)C2CCC(Nc3ccc(C#N)cn3)CC2)cc1. The van der Waals surface area contributed by atoms with Gasteiger partial charge in [-0.2, -0.15) is 5.26 Å². The second-order valence-electron chi connectivity index (χ2n) is 9.95. The Labute approximate surface area is 228 Å². The number of benzene rings is 2. The Morgan fingerprint density at radius 1 is 1.03 bits per heavy atom. The Bertz CT molecular complexity index is 1410. The summed E-state index contributed by atoms with van der Waals surface area (Å²) in [7, 11) is 0. The van der Waals surface area contributed by atoms with E-state index in [1.807, 2.05) is 79.4 Å². The van der Waals surface area contributed by atoms with Crippen LogP contribution < -0.4 is 15.5 Å². The molecular weight excluding hydrogens is 488 g/mol. The molecule has 198 valence electrons. The molecule has 0 saturated heterocycles. The zero-order chi connectivity index (χ0) is 27.2. The standard InChI is InChI=1S/C31H32N6O2/c1-21-30(22(2)39-36-21)25-9-13-27(14-10-25)37(31(38)34-19-23-6-4-3-5-7-23)28-15-11-26(12-16-28)35-29-17-8-24(18-32)20-33-29/h3-10,13-14,17,20,26,28H,11-12,15-16,19H2,1-2H3,(H,33,35)(H,34,38). The van der Waals surface area contributed by atoms with Gasteiger partial charge in [-0.1, -0.05) is 47.6 Å². The van der Waals surface area contributed by atoms with Gasteiger partial charge >= 0.3 is 6.03 Å². The molecule has 0 unspecified atom stereocenters. The van der Waals surface area contributed by atoms with E-state index in [0.29, 0.717) is 12.1 Å². The highest BCUT2D eigenvalue weighted by Gasteiger charge is 2.30. The van der Waals surface area contributed by atoms with Crippen LogP contribution in [0.5, 0.6) is 0 Å². The Hall–Kier alpha value is -4.64. The number of carbonyl (C=O) groups excluding carboxylic acids is 1. The number of nitrogens with one attached hydrogen (secondary N) is 2. The topological polar surface area (TPSA) is 107 Å². The van der Waals surface area contributed by atoms with Gasteiger partial charge in [0, 0.05) is 36.1 Å². The van der Waals surface area contributed by atoms with Crippen LogP contribution in [-0.2, 0) is 6.54 Å². The predicted octanol–water partition coefficient (Wildman–Crippen LogP) is 6.36. The van der Waals surface area contributed by atoms with Crippen molar-refractivity contribution in [2.75, 3.05) is 10.2 Å². The molecular formula is C31H32N6O2. The first-order chi connectivity index (χ1) is 19.0. The van der Waals surface area contributed by atoms with Crippen molar-refractivity contribution in [1.29, 1.82) is 5.26 Å². The van der Waals surface area contributed by atoms with Crippen molar-refractivity contribution in [3.8, 4) is 17.2 Å². The van der Waals surface area contributed by atoms with E-state index in [1.165, 1.54) is 0 Å². The molecule has 1 saturated carbocycles. The minimum Gasteiger partial charge on any atom is -0.367 e. The van der Waals surface area contributed by atoms with Gasteiger partial charge in [0.2, 0.25) is 0 Å². The first kappa shape index (κ1) is 26.0. The fourth-order valence-electron chi connectivity index (χ4n) is 5.27. The molecule has 2 amide bonds. The van der Waals surface area contributed by atoms with Crippen LogP contribution in [0.4, 0.5) is 16.3 Å². The van der Waals surface area contributed by atoms with E-state index >= 15 is 0 Å². The van der Waals surface area contributed by atoms with Gasteiger partial charge < -0.3 is 15.2 Å². The third kappa shape index (κ3) is 6.10. The van der Waals surface area contributed by atoms with Gasteiger partial charge in [-0.05, 0) is 74.9 Å². The lowest BCUT2D eigenvalue weighted by Crippen LogP contribution is -2.48. The summed E-state index contributed by atoms with van der Waals surface area (Å²) >= 11 is 0. The number of carbonyl (C=O) groups is 1. The molecule has 0 aliphatic heterocycles. The van der Waals surface area contributed by atoms with Crippen LogP contribution in [0, 0.1) is 25.2 Å². The number of rotatable bonds is 7. The molecule has 8 nitrogen and oxygen atoms in total. The molecule has 2 aromatic heterocycles. The summed E-state index contributed by atoms with van der Waals surface area (Å²) in [6.45, 7) is 4.31. The van der Waals surface area contributed by atoms with E-state index in [4.69, 9.17) is 9.78 Å². The second kappa shape index (κ2) is 11.8. The lowest BCUT2D eigenvalue weighted by molar-refractivity contribution is 0.240. The van der Waals surface area contributed by atoms with Gasteiger partial charge in [0.25, 0.3) is 0 Å². The van der Waals surface area contributed by atoms with Gasteiger partial charge in [-0.3, -0.25) is 4.90 Å². The molecule has 1 fully saturated rings. The average molecular weight is 521 g/mol. The van der Waals surface area contributed by atoms with E-state index in [9.17, 15) is 4.79 Å². The average Bonchev–Trinajstić information content (AvgIpc) is 3.31. The normalized spacial score (nSPS) is 16.7. The third-order valence-corrected chi connectivity index (χ3v) is 7.28. The molecule has 1 aliphatic rings. The van der Waals surface area contributed by atoms with Crippen LogP contribution in [0.15, 0.2) is 77.4 Å². The van der Waals surface area contributed by atoms with Crippen molar-refractivity contribution >= 4 is 17.5 Å². The quantitative estimate of drug-likeness (QED) is 0.293.